The number of oxazole rings is 1. The van der Waals surface area contributed by atoms with E-state index in [2.05, 4.69) is 9.97 Å². The molecular weight excluding hydrogens is 284 g/mol. The molecular formula is C15H12N4OS. The van der Waals surface area contributed by atoms with Crippen molar-refractivity contribution in [1.29, 1.82) is 0 Å². The lowest BCUT2D eigenvalue weighted by Gasteiger charge is -1.91. The van der Waals surface area contributed by atoms with E-state index >= 15 is 0 Å². The molecule has 0 amide bonds. The van der Waals surface area contributed by atoms with Crippen LogP contribution in [0.25, 0.3) is 16.7 Å². The van der Waals surface area contributed by atoms with Crippen molar-refractivity contribution < 1.29 is 4.42 Å². The van der Waals surface area contributed by atoms with Crippen LogP contribution in [0, 0.1) is 0 Å². The Morgan fingerprint density at radius 1 is 1.19 bits per heavy atom. The van der Waals surface area contributed by atoms with Gasteiger partial charge in [0.25, 0.3) is 5.22 Å². The average Bonchev–Trinajstić information content (AvgIpc) is 3.07. The highest BCUT2D eigenvalue weighted by Crippen LogP contribution is 2.27. The van der Waals surface area contributed by atoms with Gasteiger partial charge in [0.2, 0.25) is 0 Å². The molecule has 0 spiro atoms. The van der Waals surface area contributed by atoms with Crippen molar-refractivity contribution >= 4 is 34.2 Å². The van der Waals surface area contributed by atoms with E-state index in [9.17, 15) is 0 Å². The number of anilines is 1. The third-order valence-corrected chi connectivity index (χ3v) is 4.01. The molecule has 5 nitrogen and oxygen atoms in total. The first-order valence-corrected chi connectivity index (χ1v) is 7.48. The Kier molecular flexibility index (Phi) is 2.82. The van der Waals surface area contributed by atoms with Gasteiger partial charge in [0.1, 0.15) is 11.2 Å². The van der Waals surface area contributed by atoms with Crippen molar-refractivity contribution in [2.45, 2.75) is 11.0 Å². The second kappa shape index (κ2) is 4.82. The number of thioether (sulfide) groups is 1. The first kappa shape index (κ1) is 12.3. The van der Waals surface area contributed by atoms with Gasteiger partial charge >= 0.3 is 0 Å². The fourth-order valence-electron chi connectivity index (χ4n) is 2.18. The van der Waals surface area contributed by atoms with Gasteiger partial charge in [-0.15, -0.1) is 0 Å². The molecule has 4 aromatic rings. The third-order valence-electron chi connectivity index (χ3n) is 3.15. The lowest BCUT2D eigenvalue weighted by Crippen LogP contribution is -1.82. The maximum Gasteiger partial charge on any atom is 0.257 e. The number of nitrogens with two attached hydrogens (primary N) is 1. The number of benzene rings is 1. The topological polar surface area (TPSA) is 69.3 Å². The van der Waals surface area contributed by atoms with Gasteiger partial charge in [0.05, 0.1) is 5.69 Å². The van der Waals surface area contributed by atoms with E-state index in [0.29, 0.717) is 16.7 Å². The summed E-state index contributed by atoms with van der Waals surface area (Å²) in [5.74, 6) is 0.712. The maximum absolute atomic E-state index is 5.74. The normalized spacial score (nSPS) is 11.4. The van der Waals surface area contributed by atoms with Gasteiger partial charge < -0.3 is 14.6 Å². The monoisotopic (exact) mass is 296 g/mol. The van der Waals surface area contributed by atoms with E-state index in [0.717, 1.165) is 22.4 Å². The summed E-state index contributed by atoms with van der Waals surface area (Å²) in [6.45, 7) is 0. The predicted octanol–water partition coefficient (Wildman–Crippen LogP) is 3.35. The molecule has 0 aliphatic heterocycles. The molecule has 21 heavy (non-hydrogen) atoms. The Hall–Kier alpha value is -2.47. The molecule has 104 valence electrons. The molecule has 0 aliphatic rings. The second-order valence-corrected chi connectivity index (χ2v) is 5.62. The summed E-state index contributed by atoms with van der Waals surface area (Å²) in [4.78, 5) is 8.97. The second-order valence-electron chi connectivity index (χ2n) is 4.69. The lowest BCUT2D eigenvalue weighted by atomic mass is 10.3. The Morgan fingerprint density at radius 2 is 2.14 bits per heavy atom. The minimum absolute atomic E-state index is 0.632. The van der Waals surface area contributed by atoms with Gasteiger partial charge in [-0.25, -0.2) is 9.97 Å². The van der Waals surface area contributed by atoms with Gasteiger partial charge in [-0.1, -0.05) is 17.8 Å². The quantitative estimate of drug-likeness (QED) is 0.464. The van der Waals surface area contributed by atoms with E-state index in [1.165, 1.54) is 11.8 Å². The van der Waals surface area contributed by atoms with Crippen LogP contribution in [0.4, 0.5) is 5.69 Å². The molecule has 1 aromatic carbocycles. The van der Waals surface area contributed by atoms with Crippen molar-refractivity contribution in [2.24, 2.45) is 0 Å². The van der Waals surface area contributed by atoms with Gasteiger partial charge in [-0.05, 0) is 30.3 Å². The summed E-state index contributed by atoms with van der Waals surface area (Å²) in [6.07, 6.45) is 4.00. The minimum Gasteiger partial charge on any atom is -0.431 e. The van der Waals surface area contributed by atoms with Crippen molar-refractivity contribution in [1.82, 2.24) is 14.4 Å². The van der Waals surface area contributed by atoms with Crippen LogP contribution >= 0.6 is 11.8 Å². The number of aromatic nitrogens is 3. The lowest BCUT2D eigenvalue weighted by molar-refractivity contribution is 0.489. The first-order valence-electron chi connectivity index (χ1n) is 6.49. The van der Waals surface area contributed by atoms with Crippen molar-refractivity contribution in [2.75, 3.05) is 5.73 Å². The number of pyridine rings is 1. The zero-order valence-corrected chi connectivity index (χ0v) is 11.9. The van der Waals surface area contributed by atoms with Crippen LogP contribution in [-0.4, -0.2) is 14.4 Å². The highest BCUT2D eigenvalue weighted by molar-refractivity contribution is 7.98. The Balaban J connectivity index is 1.57. The molecule has 2 N–H and O–H groups in total. The fourth-order valence-corrected chi connectivity index (χ4v) is 2.90. The molecule has 0 atom stereocenters. The number of rotatable bonds is 3. The Morgan fingerprint density at radius 3 is 3.05 bits per heavy atom. The molecule has 0 radical (unpaired) electrons. The molecule has 0 fully saturated rings. The van der Waals surface area contributed by atoms with Crippen LogP contribution < -0.4 is 5.73 Å². The van der Waals surface area contributed by atoms with Gasteiger partial charge in [-0.3, -0.25) is 0 Å². The van der Waals surface area contributed by atoms with E-state index in [4.69, 9.17) is 10.2 Å². The molecule has 0 unspecified atom stereocenters. The summed E-state index contributed by atoms with van der Waals surface area (Å²) < 4.78 is 7.68. The first-order chi connectivity index (χ1) is 10.3. The highest BCUT2D eigenvalue weighted by atomic mass is 32.2. The van der Waals surface area contributed by atoms with Crippen LogP contribution in [0.3, 0.4) is 0 Å². The zero-order chi connectivity index (χ0) is 14.2. The highest BCUT2D eigenvalue weighted by Gasteiger charge is 2.08. The number of imidazole rings is 1. The predicted molar refractivity (Wildman–Crippen MR) is 83.2 cm³/mol. The van der Waals surface area contributed by atoms with E-state index in [-0.39, 0.29) is 0 Å². The summed E-state index contributed by atoms with van der Waals surface area (Å²) in [7, 11) is 0. The van der Waals surface area contributed by atoms with Crippen LogP contribution in [0.1, 0.15) is 5.69 Å². The van der Waals surface area contributed by atoms with Crippen molar-refractivity contribution in [3.05, 3.63) is 54.5 Å². The van der Waals surface area contributed by atoms with E-state index in [1.54, 1.807) is 0 Å². The van der Waals surface area contributed by atoms with Crippen LogP contribution in [0.5, 0.6) is 0 Å². The largest absolute Gasteiger partial charge is 0.431 e. The number of fused-ring (bicyclic) bond motifs is 2. The summed E-state index contributed by atoms with van der Waals surface area (Å²) >= 11 is 1.53. The standard InChI is InChI=1S/C15H12N4OS/c16-10-4-5-13-12(7-10)18-15(20-13)21-9-11-8-19-6-2-1-3-14(19)17-11/h1-8H,9,16H2. The van der Waals surface area contributed by atoms with Gasteiger partial charge in [0, 0.05) is 23.8 Å². The van der Waals surface area contributed by atoms with Crippen molar-refractivity contribution in [3.63, 3.8) is 0 Å². The molecule has 0 saturated heterocycles. The molecule has 0 aliphatic carbocycles. The minimum atomic E-state index is 0.632. The van der Waals surface area contributed by atoms with Crippen molar-refractivity contribution in [3.8, 4) is 0 Å². The number of hydrogen-bond donors (Lipinski definition) is 1. The molecule has 4 rings (SSSR count). The van der Waals surface area contributed by atoms with E-state index in [1.807, 2.05) is 53.2 Å². The molecule has 3 heterocycles. The van der Waals surface area contributed by atoms with E-state index < -0.39 is 0 Å². The molecule has 3 aromatic heterocycles. The summed E-state index contributed by atoms with van der Waals surface area (Å²) in [5.41, 5.74) is 9.90. The van der Waals surface area contributed by atoms with Crippen LogP contribution in [0.2, 0.25) is 0 Å². The summed E-state index contributed by atoms with van der Waals surface area (Å²) in [5, 5.41) is 0.632. The smallest absolute Gasteiger partial charge is 0.257 e. The van der Waals surface area contributed by atoms with Gasteiger partial charge in [0.15, 0.2) is 5.58 Å². The van der Waals surface area contributed by atoms with Crippen LogP contribution in [0.15, 0.2) is 58.4 Å². The number of hydrogen-bond acceptors (Lipinski definition) is 5. The molecule has 0 bridgehead atoms. The SMILES string of the molecule is Nc1ccc2oc(SCc3cn4ccccc4n3)nc2c1. The number of nitrogens with zero attached hydrogens (tertiary/aromatic N) is 3. The molecule has 0 saturated carbocycles. The average molecular weight is 296 g/mol. The third kappa shape index (κ3) is 2.34. The number of nitrogen functional groups attached to an aromatic ring is 1. The Labute approximate surface area is 124 Å². The van der Waals surface area contributed by atoms with Gasteiger partial charge in [-0.2, -0.15) is 0 Å². The fraction of sp³-hybridized carbons (Fsp3) is 0.0667. The molecule has 6 heteroatoms. The van der Waals surface area contributed by atoms with Crippen LogP contribution in [-0.2, 0) is 5.75 Å². The Bertz CT molecular complexity index is 895. The maximum atomic E-state index is 5.74. The summed E-state index contributed by atoms with van der Waals surface area (Å²) in [6, 6.07) is 11.4. The zero-order valence-electron chi connectivity index (χ0n) is 11.1.